The number of hydrogen-bond acceptors (Lipinski definition) is 4. The molecule has 1 N–H and O–H groups in total. The Morgan fingerprint density at radius 1 is 1.69 bits per heavy atom. The number of aliphatic carboxylic acids is 1. The third-order valence-electron chi connectivity index (χ3n) is 1.46. The maximum Gasteiger partial charge on any atom is 0.319 e. The van der Waals surface area contributed by atoms with Gasteiger partial charge in [-0.05, 0) is 20.8 Å². The standard InChI is InChI=1S/C8H11NO2S2/c1-5-4-12-7(9-5)13-8(2,3)6(10)11/h4H,1-3H3,(H,10,11). The number of carboxylic acids is 1. The van der Waals surface area contributed by atoms with E-state index in [9.17, 15) is 4.79 Å². The number of aryl methyl sites for hydroxylation is 1. The van der Waals surface area contributed by atoms with Crippen molar-refractivity contribution in [2.75, 3.05) is 0 Å². The van der Waals surface area contributed by atoms with Crippen molar-refractivity contribution in [2.24, 2.45) is 0 Å². The van der Waals surface area contributed by atoms with Crippen LogP contribution in [0.25, 0.3) is 0 Å². The largest absolute Gasteiger partial charge is 0.480 e. The fourth-order valence-electron chi connectivity index (χ4n) is 0.641. The minimum Gasteiger partial charge on any atom is -0.480 e. The van der Waals surface area contributed by atoms with E-state index >= 15 is 0 Å². The zero-order valence-electron chi connectivity index (χ0n) is 7.70. The van der Waals surface area contributed by atoms with Crippen molar-refractivity contribution in [1.29, 1.82) is 0 Å². The maximum absolute atomic E-state index is 10.8. The fraction of sp³-hybridized carbons (Fsp3) is 0.500. The maximum atomic E-state index is 10.8. The van der Waals surface area contributed by atoms with Crippen molar-refractivity contribution < 1.29 is 9.90 Å². The molecular weight excluding hydrogens is 206 g/mol. The summed E-state index contributed by atoms with van der Waals surface area (Å²) >= 11 is 2.77. The van der Waals surface area contributed by atoms with Crippen LogP contribution in [0.3, 0.4) is 0 Å². The lowest BCUT2D eigenvalue weighted by atomic mass is 10.2. The summed E-state index contributed by atoms with van der Waals surface area (Å²) < 4.78 is 0.00880. The van der Waals surface area contributed by atoms with Gasteiger partial charge in [0.25, 0.3) is 0 Å². The highest BCUT2D eigenvalue weighted by molar-refractivity contribution is 8.02. The highest BCUT2D eigenvalue weighted by atomic mass is 32.2. The van der Waals surface area contributed by atoms with E-state index in [1.165, 1.54) is 23.1 Å². The van der Waals surface area contributed by atoms with Crippen molar-refractivity contribution >= 4 is 29.1 Å². The second-order valence-electron chi connectivity index (χ2n) is 3.17. The molecule has 0 unspecified atom stereocenters. The molecule has 5 heteroatoms. The van der Waals surface area contributed by atoms with Gasteiger partial charge in [0.1, 0.15) is 4.75 Å². The molecule has 1 aromatic heterocycles. The molecule has 0 amide bonds. The minimum atomic E-state index is -0.814. The van der Waals surface area contributed by atoms with Gasteiger partial charge in [0.2, 0.25) is 0 Å². The van der Waals surface area contributed by atoms with Crippen LogP contribution < -0.4 is 0 Å². The van der Waals surface area contributed by atoms with Gasteiger partial charge in [0.15, 0.2) is 4.34 Å². The summed E-state index contributed by atoms with van der Waals surface area (Å²) in [6.45, 7) is 5.25. The highest BCUT2D eigenvalue weighted by Gasteiger charge is 2.29. The molecule has 0 bridgehead atoms. The summed E-state index contributed by atoms with van der Waals surface area (Å²) in [4.78, 5) is 15.0. The molecule has 0 aliphatic heterocycles. The van der Waals surface area contributed by atoms with Crippen LogP contribution in [0.1, 0.15) is 19.5 Å². The Kier molecular flexibility index (Phi) is 2.98. The summed E-state index contributed by atoms with van der Waals surface area (Å²) in [5, 5.41) is 10.8. The smallest absolute Gasteiger partial charge is 0.319 e. The van der Waals surface area contributed by atoms with Crippen LogP contribution >= 0.6 is 23.1 Å². The molecular formula is C8H11NO2S2. The van der Waals surface area contributed by atoms with Crippen LogP contribution in [-0.2, 0) is 4.79 Å². The van der Waals surface area contributed by atoms with Crippen molar-refractivity contribution in [1.82, 2.24) is 4.98 Å². The quantitative estimate of drug-likeness (QED) is 0.790. The summed E-state index contributed by atoms with van der Waals surface area (Å²) in [5.41, 5.74) is 0.939. The number of rotatable bonds is 3. The van der Waals surface area contributed by atoms with Gasteiger partial charge in [-0.15, -0.1) is 11.3 Å². The van der Waals surface area contributed by atoms with Gasteiger partial charge in [-0.2, -0.15) is 0 Å². The van der Waals surface area contributed by atoms with E-state index in [0.29, 0.717) is 0 Å². The Balaban J connectivity index is 2.74. The predicted octanol–water partition coefficient (Wildman–Crippen LogP) is 2.41. The van der Waals surface area contributed by atoms with Gasteiger partial charge in [0.05, 0.1) is 0 Å². The summed E-state index contributed by atoms with van der Waals surface area (Å²) in [5.74, 6) is -0.814. The summed E-state index contributed by atoms with van der Waals surface area (Å²) in [6, 6.07) is 0. The van der Waals surface area contributed by atoms with Gasteiger partial charge in [-0.25, -0.2) is 4.98 Å². The molecule has 0 aliphatic rings. The topological polar surface area (TPSA) is 50.2 Å². The van der Waals surface area contributed by atoms with Gasteiger partial charge >= 0.3 is 5.97 Å². The van der Waals surface area contributed by atoms with Crippen molar-refractivity contribution in [3.05, 3.63) is 11.1 Å². The molecule has 0 saturated heterocycles. The zero-order chi connectivity index (χ0) is 10.1. The first kappa shape index (κ1) is 10.5. The minimum absolute atomic E-state index is 0.801. The normalized spacial score (nSPS) is 11.6. The first-order chi connectivity index (χ1) is 5.92. The van der Waals surface area contributed by atoms with Crippen molar-refractivity contribution in [2.45, 2.75) is 29.9 Å². The van der Waals surface area contributed by atoms with Crippen molar-refractivity contribution in [3.63, 3.8) is 0 Å². The molecule has 0 atom stereocenters. The molecule has 72 valence electrons. The molecule has 3 nitrogen and oxygen atoms in total. The molecule has 0 spiro atoms. The van der Waals surface area contributed by atoms with Crippen LogP contribution in [0.2, 0.25) is 0 Å². The number of carboxylic acid groups (broad SMARTS) is 1. The molecule has 0 saturated carbocycles. The van der Waals surface area contributed by atoms with E-state index in [2.05, 4.69) is 4.98 Å². The van der Waals surface area contributed by atoms with Gasteiger partial charge < -0.3 is 5.11 Å². The number of thioether (sulfide) groups is 1. The van der Waals surface area contributed by atoms with Gasteiger partial charge in [-0.3, -0.25) is 4.79 Å². The first-order valence-electron chi connectivity index (χ1n) is 3.76. The highest BCUT2D eigenvalue weighted by Crippen LogP contribution is 2.34. The van der Waals surface area contributed by atoms with Crippen LogP contribution in [0.5, 0.6) is 0 Å². The molecule has 13 heavy (non-hydrogen) atoms. The molecule has 0 aliphatic carbocycles. The van der Waals surface area contributed by atoms with Gasteiger partial charge in [-0.1, -0.05) is 11.8 Å². The monoisotopic (exact) mass is 217 g/mol. The molecule has 1 heterocycles. The lowest BCUT2D eigenvalue weighted by Gasteiger charge is -2.15. The van der Waals surface area contributed by atoms with E-state index in [4.69, 9.17) is 5.11 Å². The Bertz CT molecular complexity index is 320. The number of thiazole rings is 1. The average Bonchev–Trinajstić information content (AvgIpc) is 2.34. The third kappa shape index (κ3) is 2.70. The SMILES string of the molecule is Cc1csc(SC(C)(C)C(=O)O)n1. The molecule has 0 aromatic carbocycles. The van der Waals surface area contributed by atoms with Crippen LogP contribution in [-0.4, -0.2) is 20.8 Å². The van der Waals surface area contributed by atoms with E-state index < -0.39 is 10.7 Å². The number of hydrogen-bond donors (Lipinski definition) is 1. The number of carbonyl (C=O) groups is 1. The summed E-state index contributed by atoms with van der Waals surface area (Å²) in [6.07, 6.45) is 0. The van der Waals surface area contributed by atoms with Crippen LogP contribution in [0, 0.1) is 6.92 Å². The summed E-state index contributed by atoms with van der Waals surface area (Å²) in [7, 11) is 0. The second kappa shape index (κ2) is 3.67. The fourth-order valence-corrected chi connectivity index (χ4v) is 2.84. The molecule has 0 radical (unpaired) electrons. The Morgan fingerprint density at radius 3 is 2.69 bits per heavy atom. The lowest BCUT2D eigenvalue weighted by Crippen LogP contribution is -2.26. The zero-order valence-corrected chi connectivity index (χ0v) is 9.33. The number of aromatic nitrogens is 1. The predicted molar refractivity (Wildman–Crippen MR) is 54.4 cm³/mol. The third-order valence-corrected chi connectivity index (χ3v) is 3.70. The molecule has 1 rings (SSSR count). The van der Waals surface area contributed by atoms with E-state index in [-0.39, 0.29) is 0 Å². The molecule has 0 fully saturated rings. The Hall–Kier alpha value is -0.550. The van der Waals surface area contributed by atoms with Gasteiger partial charge in [0, 0.05) is 11.1 Å². The Labute approximate surface area is 85.2 Å². The lowest BCUT2D eigenvalue weighted by molar-refractivity contribution is -0.138. The average molecular weight is 217 g/mol. The second-order valence-corrected chi connectivity index (χ2v) is 5.90. The van der Waals surface area contributed by atoms with E-state index in [1.807, 2.05) is 12.3 Å². The first-order valence-corrected chi connectivity index (χ1v) is 5.46. The van der Waals surface area contributed by atoms with E-state index in [0.717, 1.165) is 10.0 Å². The van der Waals surface area contributed by atoms with Crippen LogP contribution in [0.15, 0.2) is 9.72 Å². The van der Waals surface area contributed by atoms with Crippen LogP contribution in [0.4, 0.5) is 0 Å². The van der Waals surface area contributed by atoms with E-state index in [1.54, 1.807) is 13.8 Å². The Morgan fingerprint density at radius 2 is 2.31 bits per heavy atom. The molecule has 1 aromatic rings. The number of nitrogens with zero attached hydrogens (tertiary/aromatic N) is 1. The van der Waals surface area contributed by atoms with Crippen molar-refractivity contribution in [3.8, 4) is 0 Å².